The molecule has 1 fully saturated rings. The van der Waals surface area contributed by atoms with Crippen molar-refractivity contribution in [1.29, 1.82) is 0 Å². The second-order valence-corrected chi connectivity index (χ2v) is 7.71. The summed E-state index contributed by atoms with van der Waals surface area (Å²) in [7, 11) is 0. The molecule has 7 nitrogen and oxygen atoms in total. The monoisotopic (exact) mass is 418 g/mol. The molecular formula is C24H26N4O3. The lowest BCUT2D eigenvalue weighted by molar-refractivity contribution is -0.142. The quantitative estimate of drug-likeness (QED) is 0.639. The molecule has 0 bridgehead atoms. The summed E-state index contributed by atoms with van der Waals surface area (Å²) in [6.07, 6.45) is 2.93. The van der Waals surface area contributed by atoms with Gasteiger partial charge in [-0.25, -0.2) is 4.68 Å². The number of amides is 2. The Balaban J connectivity index is 1.37. The molecule has 2 amide bonds. The Morgan fingerprint density at radius 1 is 1.06 bits per heavy atom. The number of rotatable bonds is 5. The number of hydrogen-bond acceptors (Lipinski definition) is 4. The first kappa shape index (κ1) is 20.7. The van der Waals surface area contributed by atoms with Crippen molar-refractivity contribution in [3.63, 3.8) is 0 Å². The van der Waals surface area contributed by atoms with Crippen molar-refractivity contribution in [2.45, 2.75) is 26.0 Å². The number of aromatic nitrogens is 2. The van der Waals surface area contributed by atoms with E-state index in [0.717, 1.165) is 5.69 Å². The largest absolute Gasteiger partial charge is 0.481 e. The molecule has 7 heteroatoms. The number of benzene rings is 2. The van der Waals surface area contributed by atoms with Crippen molar-refractivity contribution in [2.75, 3.05) is 19.6 Å². The predicted molar refractivity (Wildman–Crippen MR) is 117 cm³/mol. The molecule has 0 saturated carbocycles. The molecular weight excluding hydrogens is 392 g/mol. The van der Waals surface area contributed by atoms with Crippen molar-refractivity contribution in [3.8, 4) is 11.4 Å². The van der Waals surface area contributed by atoms with Gasteiger partial charge in [0.15, 0.2) is 6.10 Å². The summed E-state index contributed by atoms with van der Waals surface area (Å²) in [5.41, 5.74) is 1.53. The fourth-order valence-electron chi connectivity index (χ4n) is 3.84. The zero-order valence-electron chi connectivity index (χ0n) is 17.7. The Morgan fingerprint density at radius 3 is 2.58 bits per heavy atom. The van der Waals surface area contributed by atoms with Crippen LogP contribution in [0.2, 0.25) is 0 Å². The molecule has 4 rings (SSSR count). The minimum absolute atomic E-state index is 0.000663. The molecule has 1 aliphatic rings. The third-order valence-corrected chi connectivity index (χ3v) is 5.47. The maximum Gasteiger partial charge on any atom is 0.263 e. The summed E-state index contributed by atoms with van der Waals surface area (Å²) in [6.45, 7) is 5.22. The molecule has 2 atom stereocenters. The molecule has 2 aromatic carbocycles. The van der Waals surface area contributed by atoms with Crippen molar-refractivity contribution < 1.29 is 14.3 Å². The van der Waals surface area contributed by atoms with Gasteiger partial charge in [-0.2, -0.15) is 5.10 Å². The van der Waals surface area contributed by atoms with Crippen LogP contribution in [0.3, 0.4) is 0 Å². The Hall–Kier alpha value is -3.61. The number of carbonyl (C=O) groups is 2. The van der Waals surface area contributed by atoms with E-state index < -0.39 is 6.10 Å². The highest BCUT2D eigenvalue weighted by Crippen LogP contribution is 2.20. The Kier molecular flexibility index (Phi) is 6.02. The van der Waals surface area contributed by atoms with Gasteiger partial charge in [0.2, 0.25) is 0 Å². The standard InChI is InChI=1S/C24H26N4O3/c1-18-17-26(24(30)20-8-4-3-5-9-20)14-15-27(18)23(29)19(2)31-22-11-6-10-21(16-22)28-13-7-12-25-28/h3-13,16,18-19H,14-15,17H2,1-2H3/t18-,19?/m1/s1. The second kappa shape index (κ2) is 9.04. The molecule has 1 aromatic heterocycles. The van der Waals surface area contributed by atoms with E-state index in [1.165, 1.54) is 0 Å². The van der Waals surface area contributed by atoms with Crippen LogP contribution in [0.15, 0.2) is 73.1 Å². The van der Waals surface area contributed by atoms with Gasteiger partial charge in [-0.1, -0.05) is 24.3 Å². The highest BCUT2D eigenvalue weighted by atomic mass is 16.5. The van der Waals surface area contributed by atoms with E-state index in [2.05, 4.69) is 5.10 Å². The van der Waals surface area contributed by atoms with Crippen molar-refractivity contribution >= 4 is 11.8 Å². The maximum atomic E-state index is 13.1. The molecule has 0 aliphatic carbocycles. The fourth-order valence-corrected chi connectivity index (χ4v) is 3.84. The zero-order valence-corrected chi connectivity index (χ0v) is 17.7. The van der Waals surface area contributed by atoms with Crippen molar-refractivity contribution in [1.82, 2.24) is 19.6 Å². The van der Waals surface area contributed by atoms with Crippen LogP contribution in [-0.4, -0.2) is 63.2 Å². The van der Waals surface area contributed by atoms with Gasteiger partial charge in [-0.15, -0.1) is 0 Å². The lowest BCUT2D eigenvalue weighted by Crippen LogP contribution is -2.57. The van der Waals surface area contributed by atoms with Crippen molar-refractivity contribution in [2.24, 2.45) is 0 Å². The highest BCUT2D eigenvalue weighted by Gasteiger charge is 2.33. The van der Waals surface area contributed by atoms with Gasteiger partial charge in [0.25, 0.3) is 11.8 Å². The molecule has 160 valence electrons. The summed E-state index contributed by atoms with van der Waals surface area (Å²) >= 11 is 0. The number of piperazine rings is 1. The summed E-state index contributed by atoms with van der Waals surface area (Å²) in [6, 6.07) is 18.5. The minimum atomic E-state index is -0.633. The lowest BCUT2D eigenvalue weighted by Gasteiger charge is -2.40. The van der Waals surface area contributed by atoms with Gasteiger partial charge < -0.3 is 14.5 Å². The van der Waals surface area contributed by atoms with E-state index in [4.69, 9.17) is 4.74 Å². The van der Waals surface area contributed by atoms with Crippen LogP contribution >= 0.6 is 0 Å². The van der Waals surface area contributed by atoms with Crippen LogP contribution in [-0.2, 0) is 4.79 Å². The van der Waals surface area contributed by atoms with Crippen LogP contribution in [0.5, 0.6) is 5.75 Å². The normalized spacial score (nSPS) is 17.3. The van der Waals surface area contributed by atoms with E-state index >= 15 is 0 Å². The van der Waals surface area contributed by atoms with E-state index in [1.807, 2.05) is 78.7 Å². The first-order valence-electron chi connectivity index (χ1n) is 10.4. The Morgan fingerprint density at radius 2 is 1.87 bits per heavy atom. The first-order valence-corrected chi connectivity index (χ1v) is 10.4. The Labute approximate surface area is 181 Å². The summed E-state index contributed by atoms with van der Waals surface area (Å²) in [5.74, 6) is 0.530. The summed E-state index contributed by atoms with van der Waals surface area (Å²) in [5, 5.41) is 4.22. The zero-order chi connectivity index (χ0) is 21.8. The maximum absolute atomic E-state index is 13.1. The first-order chi connectivity index (χ1) is 15.0. The lowest BCUT2D eigenvalue weighted by atomic mass is 10.1. The second-order valence-electron chi connectivity index (χ2n) is 7.71. The number of carbonyl (C=O) groups excluding carboxylic acids is 2. The molecule has 0 spiro atoms. The highest BCUT2D eigenvalue weighted by molar-refractivity contribution is 5.94. The summed E-state index contributed by atoms with van der Waals surface area (Å²) in [4.78, 5) is 29.4. The number of hydrogen-bond donors (Lipinski definition) is 0. The molecule has 1 unspecified atom stereocenters. The topological polar surface area (TPSA) is 67.7 Å². The van der Waals surface area contributed by atoms with Gasteiger partial charge in [0.05, 0.1) is 5.69 Å². The van der Waals surface area contributed by atoms with Crippen LogP contribution < -0.4 is 4.74 Å². The molecule has 1 saturated heterocycles. The average Bonchev–Trinajstić information content (AvgIpc) is 3.34. The molecule has 3 aromatic rings. The Bertz CT molecular complexity index is 1040. The van der Waals surface area contributed by atoms with Crippen molar-refractivity contribution in [3.05, 3.63) is 78.6 Å². The van der Waals surface area contributed by atoms with Gasteiger partial charge in [0.1, 0.15) is 5.75 Å². The molecule has 31 heavy (non-hydrogen) atoms. The van der Waals surface area contributed by atoms with Gasteiger partial charge >= 0.3 is 0 Å². The molecule has 0 N–H and O–H groups in total. The minimum Gasteiger partial charge on any atom is -0.481 e. The molecule has 2 heterocycles. The fraction of sp³-hybridized carbons (Fsp3) is 0.292. The van der Waals surface area contributed by atoms with E-state index in [9.17, 15) is 9.59 Å². The predicted octanol–water partition coefficient (Wildman–Crippen LogP) is 3.01. The third kappa shape index (κ3) is 4.60. The van der Waals surface area contributed by atoms with Crippen LogP contribution in [0.1, 0.15) is 24.2 Å². The number of ether oxygens (including phenoxy) is 1. The molecule has 1 aliphatic heterocycles. The van der Waals surface area contributed by atoms with E-state index in [1.54, 1.807) is 22.7 Å². The van der Waals surface area contributed by atoms with E-state index in [-0.39, 0.29) is 17.9 Å². The average molecular weight is 418 g/mol. The van der Waals surface area contributed by atoms with Gasteiger partial charge in [0, 0.05) is 49.7 Å². The smallest absolute Gasteiger partial charge is 0.263 e. The SMILES string of the molecule is CC(Oc1cccc(-n2cccn2)c1)C(=O)N1CCN(C(=O)c2ccccc2)C[C@H]1C. The van der Waals surface area contributed by atoms with Crippen LogP contribution in [0.25, 0.3) is 5.69 Å². The molecule has 0 radical (unpaired) electrons. The number of nitrogens with zero attached hydrogens (tertiary/aromatic N) is 4. The van der Waals surface area contributed by atoms with Gasteiger partial charge in [-0.05, 0) is 44.2 Å². The van der Waals surface area contributed by atoms with Crippen LogP contribution in [0, 0.1) is 0 Å². The summed E-state index contributed by atoms with van der Waals surface area (Å²) < 4.78 is 7.69. The van der Waals surface area contributed by atoms with Gasteiger partial charge in [-0.3, -0.25) is 9.59 Å². The van der Waals surface area contributed by atoms with Crippen LogP contribution in [0.4, 0.5) is 0 Å². The third-order valence-electron chi connectivity index (χ3n) is 5.47. The van der Waals surface area contributed by atoms with E-state index in [0.29, 0.717) is 30.9 Å².